The van der Waals surface area contributed by atoms with E-state index in [-0.39, 0.29) is 49.1 Å². The summed E-state index contributed by atoms with van der Waals surface area (Å²) in [6.07, 6.45) is 3.00. The summed E-state index contributed by atoms with van der Waals surface area (Å²) in [5, 5.41) is 17.9. The minimum absolute atomic E-state index is 0.00715. The predicted octanol–water partition coefficient (Wildman–Crippen LogP) is 4.60. The Bertz CT molecular complexity index is 2490. The van der Waals surface area contributed by atoms with Gasteiger partial charge in [0.25, 0.3) is 0 Å². The molecule has 0 saturated carbocycles. The van der Waals surface area contributed by atoms with E-state index in [2.05, 4.69) is 31.9 Å². The van der Waals surface area contributed by atoms with Gasteiger partial charge in [0.2, 0.25) is 35.4 Å². The van der Waals surface area contributed by atoms with Gasteiger partial charge in [-0.05, 0) is 118 Å². The van der Waals surface area contributed by atoms with Crippen LogP contribution >= 0.6 is 0 Å². The standard InChI is InChI=1S/C58H78N8O10/c1-33(59-9)49(67)63-47(57(3,4)5)53(71)65-31-39(29-45(65)51(69)61-43-26-16-20-35-18-11-13-24-41(35)43)75-55(73)37-22-15-23-38(28-37)56(74)76-40-30-46(52(70)62-44-27-17-21-36-19-12-14-25-42(36)44)66(32-40)54(72)48(58(6,7)8)64-50(68)34(2)60-10/h11-15,18-19,22-25,28,33-34,39-40,43-48,59-60H,16-17,20-21,26-27,29-32H2,1-10H3,(H,61,69)(H,62,70)(H,63,67)(H,64,68)/t33-,34-,39-,40-,43-,44-,45-,46-,47+,48+/m0/s1. The summed E-state index contributed by atoms with van der Waals surface area (Å²) in [7, 11) is 3.28. The molecule has 2 heterocycles. The van der Waals surface area contributed by atoms with E-state index in [1.807, 2.05) is 90.1 Å². The fourth-order valence-corrected chi connectivity index (χ4v) is 10.7. The molecule has 18 nitrogen and oxygen atoms in total. The topological polar surface area (TPSA) is 234 Å². The van der Waals surface area contributed by atoms with Crippen LogP contribution in [0.5, 0.6) is 0 Å². The minimum atomic E-state index is -1.04. The number of carbonyl (C=O) groups excluding carboxylic acids is 8. The van der Waals surface area contributed by atoms with Crippen LogP contribution in [0.2, 0.25) is 0 Å². The molecular formula is C58H78N8O10. The number of hydrogen-bond acceptors (Lipinski definition) is 12. The van der Waals surface area contributed by atoms with Gasteiger partial charge in [0.1, 0.15) is 36.4 Å². The van der Waals surface area contributed by atoms with Gasteiger partial charge in [0.05, 0.1) is 48.4 Å². The zero-order valence-electron chi connectivity index (χ0n) is 45.7. The monoisotopic (exact) mass is 1050 g/mol. The molecule has 2 aliphatic heterocycles. The van der Waals surface area contributed by atoms with Crippen LogP contribution in [-0.4, -0.2) is 133 Å². The van der Waals surface area contributed by atoms with Gasteiger partial charge in [-0.1, -0.05) is 96.1 Å². The van der Waals surface area contributed by atoms with Gasteiger partial charge < -0.3 is 51.2 Å². The fraction of sp³-hybridized carbons (Fsp3) is 0.552. The first kappa shape index (κ1) is 57.1. The molecule has 0 bridgehead atoms. The van der Waals surface area contributed by atoms with E-state index in [4.69, 9.17) is 9.47 Å². The molecule has 2 fully saturated rings. The van der Waals surface area contributed by atoms with Crippen molar-refractivity contribution in [1.29, 1.82) is 0 Å². The molecule has 3 aromatic rings. The number of likely N-dealkylation sites (N-methyl/N-ethyl adjacent to an activating group) is 2. The number of nitrogens with one attached hydrogen (secondary N) is 6. The molecule has 2 aliphatic carbocycles. The predicted molar refractivity (Wildman–Crippen MR) is 285 cm³/mol. The number of esters is 2. The molecule has 0 spiro atoms. The summed E-state index contributed by atoms with van der Waals surface area (Å²) < 4.78 is 12.1. The maximum Gasteiger partial charge on any atom is 0.338 e. The van der Waals surface area contributed by atoms with Gasteiger partial charge in [0.15, 0.2) is 0 Å². The third-order valence-electron chi connectivity index (χ3n) is 15.4. The molecule has 0 unspecified atom stereocenters. The second kappa shape index (κ2) is 24.1. The Balaban J connectivity index is 1.09. The zero-order valence-corrected chi connectivity index (χ0v) is 45.7. The molecule has 0 aromatic heterocycles. The number of hydrogen-bond donors (Lipinski definition) is 6. The number of likely N-dealkylation sites (tertiary alicyclic amines) is 2. The second-order valence-corrected chi connectivity index (χ2v) is 23.1. The van der Waals surface area contributed by atoms with E-state index in [0.29, 0.717) is 12.8 Å². The lowest BCUT2D eigenvalue weighted by Gasteiger charge is -2.36. The van der Waals surface area contributed by atoms with Gasteiger partial charge in [0, 0.05) is 12.8 Å². The molecule has 76 heavy (non-hydrogen) atoms. The molecule has 6 N–H and O–H groups in total. The van der Waals surface area contributed by atoms with Crippen molar-refractivity contribution in [3.05, 3.63) is 106 Å². The van der Waals surface area contributed by atoms with Crippen LogP contribution in [0, 0.1) is 10.8 Å². The lowest BCUT2D eigenvalue weighted by atomic mass is 9.85. The largest absolute Gasteiger partial charge is 0.457 e. The number of carbonyl (C=O) groups is 8. The molecule has 410 valence electrons. The summed E-state index contributed by atoms with van der Waals surface area (Å²) in [6, 6.07) is 15.7. The molecule has 18 heteroatoms. The number of fused-ring (bicyclic) bond motifs is 2. The van der Waals surface area contributed by atoms with Crippen molar-refractivity contribution in [2.45, 2.75) is 167 Å². The summed E-state index contributed by atoms with van der Waals surface area (Å²) in [5.41, 5.74) is 2.79. The highest BCUT2D eigenvalue weighted by Crippen LogP contribution is 2.34. The normalized spacial score (nSPS) is 22.9. The van der Waals surface area contributed by atoms with Crippen LogP contribution in [0.15, 0.2) is 72.8 Å². The van der Waals surface area contributed by atoms with Crippen molar-refractivity contribution < 1.29 is 47.8 Å². The number of benzene rings is 3. The van der Waals surface area contributed by atoms with Crippen LogP contribution < -0.4 is 31.9 Å². The maximum atomic E-state index is 14.7. The lowest BCUT2D eigenvalue weighted by Crippen LogP contribution is -2.59. The number of ether oxygens (including phenoxy) is 2. The molecule has 3 aromatic carbocycles. The fourth-order valence-electron chi connectivity index (χ4n) is 10.7. The van der Waals surface area contributed by atoms with Crippen LogP contribution in [0.1, 0.15) is 149 Å². The molecular weight excluding hydrogens is 969 g/mol. The van der Waals surface area contributed by atoms with Crippen molar-refractivity contribution in [2.24, 2.45) is 10.8 Å². The van der Waals surface area contributed by atoms with Gasteiger partial charge in [-0.25, -0.2) is 9.59 Å². The number of rotatable bonds is 16. The molecule has 2 saturated heterocycles. The van der Waals surface area contributed by atoms with Crippen molar-refractivity contribution in [3.8, 4) is 0 Å². The first-order chi connectivity index (χ1) is 36.0. The first-order valence-corrected chi connectivity index (χ1v) is 26.8. The Kier molecular flexibility index (Phi) is 18.1. The van der Waals surface area contributed by atoms with E-state index >= 15 is 0 Å². The van der Waals surface area contributed by atoms with Crippen molar-refractivity contribution in [1.82, 2.24) is 41.7 Å². The maximum absolute atomic E-state index is 14.7. The molecule has 6 amide bonds. The third kappa shape index (κ3) is 13.3. The average molecular weight is 1050 g/mol. The highest BCUT2D eigenvalue weighted by atomic mass is 16.5. The van der Waals surface area contributed by atoms with Crippen LogP contribution in [0.25, 0.3) is 0 Å². The lowest BCUT2D eigenvalue weighted by molar-refractivity contribution is -0.144. The van der Waals surface area contributed by atoms with Gasteiger partial charge in [-0.3, -0.25) is 28.8 Å². The summed E-state index contributed by atoms with van der Waals surface area (Å²) in [6.45, 7) is 14.0. The third-order valence-corrected chi connectivity index (χ3v) is 15.4. The first-order valence-electron chi connectivity index (χ1n) is 26.8. The average Bonchev–Trinajstić information content (AvgIpc) is 4.03. The minimum Gasteiger partial charge on any atom is -0.457 e. The van der Waals surface area contributed by atoms with Crippen molar-refractivity contribution >= 4 is 47.4 Å². The second-order valence-electron chi connectivity index (χ2n) is 23.1. The van der Waals surface area contributed by atoms with Gasteiger partial charge in [-0.15, -0.1) is 0 Å². The summed E-state index contributed by atoms with van der Waals surface area (Å²) in [5.74, 6) is -4.20. The Labute approximate surface area is 446 Å². The smallest absolute Gasteiger partial charge is 0.338 e. The number of nitrogens with zero attached hydrogens (tertiary/aromatic N) is 2. The zero-order chi connectivity index (χ0) is 55.2. The van der Waals surface area contributed by atoms with Crippen LogP contribution in [-0.2, 0) is 51.1 Å². The van der Waals surface area contributed by atoms with Crippen molar-refractivity contribution in [2.75, 3.05) is 27.2 Å². The molecule has 7 rings (SSSR count). The van der Waals surface area contributed by atoms with Gasteiger partial charge in [-0.2, -0.15) is 0 Å². The quantitative estimate of drug-likeness (QED) is 0.108. The van der Waals surface area contributed by atoms with Crippen LogP contribution in [0.4, 0.5) is 0 Å². The van der Waals surface area contributed by atoms with E-state index in [1.165, 1.54) is 34.1 Å². The van der Waals surface area contributed by atoms with E-state index in [0.717, 1.165) is 47.9 Å². The van der Waals surface area contributed by atoms with E-state index < -0.39 is 107 Å². The van der Waals surface area contributed by atoms with E-state index in [9.17, 15) is 38.4 Å². The SMILES string of the molecule is CN[C@@H](C)C(=O)N[C@H](C(=O)N1C[C@@H](OC(=O)c2cccc(C(=O)O[C@H]3C[C@@H](C(=O)N[C@H]4CCCc5ccccc54)N(C(=O)[C@@H](NC(=O)[C@H](C)NC)C(C)(C)C)C3)c2)C[C@H]1C(=O)N[C@H]1CCCc2ccccc21)C(C)(C)C. The highest BCUT2D eigenvalue weighted by molar-refractivity contribution is 5.97. The molecule has 0 radical (unpaired) electrons. The molecule has 10 atom stereocenters. The Morgan fingerprint density at radius 3 is 1.30 bits per heavy atom. The summed E-state index contributed by atoms with van der Waals surface area (Å²) in [4.78, 5) is 115. The Morgan fingerprint density at radius 2 is 0.934 bits per heavy atom. The van der Waals surface area contributed by atoms with Crippen molar-refractivity contribution in [3.63, 3.8) is 0 Å². The van der Waals surface area contributed by atoms with Crippen LogP contribution in [0.3, 0.4) is 0 Å². The number of aryl methyl sites for hydroxylation is 2. The Morgan fingerprint density at radius 1 is 0.553 bits per heavy atom. The highest BCUT2D eigenvalue weighted by Gasteiger charge is 2.49. The molecule has 4 aliphatic rings. The van der Waals surface area contributed by atoms with E-state index in [1.54, 1.807) is 27.9 Å². The van der Waals surface area contributed by atoms with Gasteiger partial charge >= 0.3 is 11.9 Å². The summed E-state index contributed by atoms with van der Waals surface area (Å²) >= 11 is 0. The Hall–Kier alpha value is -6.66. The number of amides is 6.